The van der Waals surface area contributed by atoms with Crippen molar-refractivity contribution < 1.29 is 4.79 Å². The van der Waals surface area contributed by atoms with Crippen molar-refractivity contribution in [2.75, 3.05) is 20.1 Å². The molecular weight excluding hydrogens is 178 g/mol. The van der Waals surface area contributed by atoms with E-state index in [9.17, 15) is 4.79 Å². The standard InChI is InChI=1S/C10H19N3O/c1-3-8-6-10(14)13(12(8)2)9-4-5-11-7-9/h8-9,11H,3-7H2,1-2H3. The van der Waals surface area contributed by atoms with Crippen LogP contribution in [0.15, 0.2) is 0 Å². The molecule has 0 spiro atoms. The molecule has 2 aliphatic rings. The maximum atomic E-state index is 11.8. The van der Waals surface area contributed by atoms with E-state index >= 15 is 0 Å². The average Bonchev–Trinajstić information content (AvgIpc) is 2.74. The molecule has 0 saturated carbocycles. The summed E-state index contributed by atoms with van der Waals surface area (Å²) in [7, 11) is 2.04. The summed E-state index contributed by atoms with van der Waals surface area (Å²) < 4.78 is 0. The molecule has 0 aromatic heterocycles. The summed E-state index contributed by atoms with van der Waals surface area (Å²) in [6.45, 7) is 4.14. The Morgan fingerprint density at radius 2 is 2.36 bits per heavy atom. The molecule has 2 heterocycles. The summed E-state index contributed by atoms with van der Waals surface area (Å²) in [6, 6.07) is 0.812. The van der Waals surface area contributed by atoms with Crippen molar-refractivity contribution in [1.82, 2.24) is 15.3 Å². The maximum Gasteiger partial charge on any atom is 0.238 e. The zero-order chi connectivity index (χ0) is 10.1. The van der Waals surface area contributed by atoms with Crippen LogP contribution in [0.2, 0.25) is 0 Å². The fourth-order valence-corrected chi connectivity index (χ4v) is 2.50. The van der Waals surface area contributed by atoms with Crippen molar-refractivity contribution in [2.45, 2.75) is 38.3 Å². The Labute approximate surface area is 85.2 Å². The Morgan fingerprint density at radius 1 is 1.57 bits per heavy atom. The van der Waals surface area contributed by atoms with Gasteiger partial charge in [-0.3, -0.25) is 9.80 Å². The zero-order valence-electron chi connectivity index (χ0n) is 8.99. The molecule has 1 N–H and O–H groups in total. The lowest BCUT2D eigenvalue weighted by Gasteiger charge is -2.32. The first-order valence-corrected chi connectivity index (χ1v) is 5.49. The highest BCUT2D eigenvalue weighted by molar-refractivity contribution is 5.78. The van der Waals surface area contributed by atoms with Crippen LogP contribution in [0.25, 0.3) is 0 Å². The second kappa shape index (κ2) is 3.87. The third-order valence-corrected chi connectivity index (χ3v) is 3.39. The third kappa shape index (κ3) is 1.53. The van der Waals surface area contributed by atoms with Crippen LogP contribution in [-0.2, 0) is 4.79 Å². The van der Waals surface area contributed by atoms with Crippen molar-refractivity contribution in [3.05, 3.63) is 0 Å². The molecule has 0 aliphatic carbocycles. The summed E-state index contributed by atoms with van der Waals surface area (Å²) in [6.07, 6.45) is 2.84. The van der Waals surface area contributed by atoms with E-state index in [0.717, 1.165) is 25.9 Å². The van der Waals surface area contributed by atoms with Gasteiger partial charge in [0.2, 0.25) is 5.91 Å². The molecule has 2 saturated heterocycles. The Morgan fingerprint density at radius 3 is 2.86 bits per heavy atom. The van der Waals surface area contributed by atoms with Crippen molar-refractivity contribution in [3.63, 3.8) is 0 Å². The SMILES string of the molecule is CCC1CC(=O)N(C2CCNC2)N1C. The van der Waals surface area contributed by atoms with E-state index in [1.165, 1.54) is 0 Å². The lowest BCUT2D eigenvalue weighted by molar-refractivity contribution is -0.141. The quantitative estimate of drug-likeness (QED) is 0.687. The number of rotatable bonds is 2. The van der Waals surface area contributed by atoms with Gasteiger partial charge in [-0.05, 0) is 19.4 Å². The number of hydrogen-bond acceptors (Lipinski definition) is 3. The lowest BCUT2D eigenvalue weighted by atomic mass is 10.2. The van der Waals surface area contributed by atoms with Gasteiger partial charge >= 0.3 is 0 Å². The van der Waals surface area contributed by atoms with Gasteiger partial charge in [-0.15, -0.1) is 0 Å². The second-order valence-electron chi connectivity index (χ2n) is 4.22. The molecule has 0 bridgehead atoms. The Bertz CT molecular complexity index is 225. The highest BCUT2D eigenvalue weighted by Crippen LogP contribution is 2.24. The smallest absolute Gasteiger partial charge is 0.238 e. The highest BCUT2D eigenvalue weighted by Gasteiger charge is 2.38. The van der Waals surface area contributed by atoms with Crippen molar-refractivity contribution in [2.24, 2.45) is 0 Å². The zero-order valence-corrected chi connectivity index (χ0v) is 8.99. The molecular formula is C10H19N3O. The van der Waals surface area contributed by atoms with Gasteiger partial charge in [0.25, 0.3) is 0 Å². The molecule has 0 aromatic carbocycles. The molecule has 0 aromatic rings. The summed E-state index contributed by atoms with van der Waals surface area (Å²) in [5.41, 5.74) is 0. The molecule has 4 heteroatoms. The van der Waals surface area contributed by atoms with Crippen LogP contribution in [0.4, 0.5) is 0 Å². The predicted octanol–water partition coefficient (Wildman–Crippen LogP) is 0.206. The normalized spacial score (nSPS) is 34.4. The van der Waals surface area contributed by atoms with E-state index in [4.69, 9.17) is 0 Å². The van der Waals surface area contributed by atoms with E-state index in [2.05, 4.69) is 17.2 Å². The van der Waals surface area contributed by atoms with Crippen LogP contribution in [0.1, 0.15) is 26.2 Å². The fourth-order valence-electron chi connectivity index (χ4n) is 2.50. The first kappa shape index (κ1) is 9.93. The highest BCUT2D eigenvalue weighted by atomic mass is 16.2. The van der Waals surface area contributed by atoms with Gasteiger partial charge < -0.3 is 5.32 Å². The van der Waals surface area contributed by atoms with Crippen molar-refractivity contribution >= 4 is 5.91 Å². The maximum absolute atomic E-state index is 11.8. The van der Waals surface area contributed by atoms with E-state index in [1.54, 1.807) is 0 Å². The summed E-state index contributed by atoms with van der Waals surface area (Å²) in [4.78, 5) is 11.8. The number of nitrogens with zero attached hydrogens (tertiary/aromatic N) is 2. The number of hydrazine groups is 1. The van der Waals surface area contributed by atoms with E-state index in [-0.39, 0.29) is 0 Å². The molecule has 80 valence electrons. The van der Waals surface area contributed by atoms with Crippen LogP contribution >= 0.6 is 0 Å². The van der Waals surface area contributed by atoms with E-state index < -0.39 is 0 Å². The van der Waals surface area contributed by atoms with E-state index in [0.29, 0.717) is 24.4 Å². The summed E-state index contributed by atoms with van der Waals surface area (Å²) in [5, 5.41) is 7.41. The van der Waals surface area contributed by atoms with Gasteiger partial charge in [-0.2, -0.15) is 0 Å². The molecule has 2 atom stereocenters. The van der Waals surface area contributed by atoms with Gasteiger partial charge in [0.1, 0.15) is 0 Å². The first-order chi connectivity index (χ1) is 6.74. The predicted molar refractivity (Wildman–Crippen MR) is 54.6 cm³/mol. The molecule has 2 rings (SSSR count). The van der Waals surface area contributed by atoms with E-state index in [1.807, 2.05) is 12.1 Å². The Kier molecular flexibility index (Phi) is 2.74. The summed E-state index contributed by atoms with van der Waals surface area (Å²) >= 11 is 0. The topological polar surface area (TPSA) is 35.6 Å². The van der Waals surface area contributed by atoms with Gasteiger partial charge in [0.05, 0.1) is 6.04 Å². The molecule has 0 radical (unpaired) electrons. The van der Waals surface area contributed by atoms with Crippen molar-refractivity contribution in [1.29, 1.82) is 0 Å². The third-order valence-electron chi connectivity index (χ3n) is 3.39. The van der Waals surface area contributed by atoms with Crippen molar-refractivity contribution in [3.8, 4) is 0 Å². The largest absolute Gasteiger partial charge is 0.315 e. The average molecular weight is 197 g/mol. The van der Waals surface area contributed by atoms with Gasteiger partial charge in [-0.1, -0.05) is 6.92 Å². The minimum atomic E-state index is 0.299. The Hall–Kier alpha value is -0.610. The van der Waals surface area contributed by atoms with Crippen LogP contribution in [0, 0.1) is 0 Å². The lowest BCUT2D eigenvalue weighted by Crippen LogP contribution is -2.47. The van der Waals surface area contributed by atoms with Crippen LogP contribution in [-0.4, -0.2) is 48.1 Å². The minimum absolute atomic E-state index is 0.299. The number of amides is 1. The van der Waals surface area contributed by atoms with Crippen LogP contribution in [0.5, 0.6) is 0 Å². The monoisotopic (exact) mass is 197 g/mol. The molecule has 4 nitrogen and oxygen atoms in total. The van der Waals surface area contributed by atoms with Crippen LogP contribution < -0.4 is 5.32 Å². The van der Waals surface area contributed by atoms with Crippen LogP contribution in [0.3, 0.4) is 0 Å². The molecule has 2 aliphatic heterocycles. The number of hydrogen-bond donors (Lipinski definition) is 1. The molecule has 2 unspecified atom stereocenters. The minimum Gasteiger partial charge on any atom is -0.315 e. The van der Waals surface area contributed by atoms with Gasteiger partial charge in [-0.25, -0.2) is 5.01 Å². The number of carbonyl (C=O) groups is 1. The second-order valence-corrected chi connectivity index (χ2v) is 4.22. The number of nitrogens with one attached hydrogen (secondary N) is 1. The summed E-state index contributed by atoms with van der Waals surface area (Å²) in [5.74, 6) is 0.299. The van der Waals surface area contributed by atoms with Gasteiger partial charge in [0.15, 0.2) is 0 Å². The first-order valence-electron chi connectivity index (χ1n) is 5.49. The molecule has 2 fully saturated rings. The van der Waals surface area contributed by atoms with Gasteiger partial charge in [0, 0.05) is 26.1 Å². The molecule has 1 amide bonds. The fraction of sp³-hybridized carbons (Fsp3) is 0.900. The molecule has 14 heavy (non-hydrogen) atoms. The number of carbonyl (C=O) groups excluding carboxylic acids is 1. The Balaban J connectivity index is 2.06.